The van der Waals surface area contributed by atoms with Crippen LogP contribution < -0.4 is 5.32 Å². The van der Waals surface area contributed by atoms with Gasteiger partial charge in [0.1, 0.15) is 5.60 Å². The van der Waals surface area contributed by atoms with Crippen molar-refractivity contribution in [2.45, 2.75) is 59.1 Å². The molecular formula is C12H23NO2. The van der Waals surface area contributed by atoms with Gasteiger partial charge in [0.05, 0.1) is 0 Å². The van der Waals surface area contributed by atoms with Crippen LogP contribution in [0.4, 0.5) is 4.79 Å². The molecule has 15 heavy (non-hydrogen) atoms. The van der Waals surface area contributed by atoms with Crippen molar-refractivity contribution < 1.29 is 9.53 Å². The topological polar surface area (TPSA) is 38.3 Å². The lowest BCUT2D eigenvalue weighted by molar-refractivity contribution is 0.0507. The molecule has 1 N–H and O–H groups in total. The zero-order valence-corrected chi connectivity index (χ0v) is 10.5. The highest BCUT2D eigenvalue weighted by molar-refractivity contribution is 5.68. The molecule has 1 amide bonds. The molecule has 0 atom stereocenters. The number of amides is 1. The highest BCUT2D eigenvalue weighted by Gasteiger charge is 2.19. The Morgan fingerprint density at radius 1 is 1.27 bits per heavy atom. The third-order valence-corrected chi connectivity index (χ3v) is 1.73. The SMILES string of the molecule is CC.CC(C)(C)OC(=O)NC1CC=CC1. The van der Waals surface area contributed by atoms with Gasteiger partial charge in [0, 0.05) is 6.04 Å². The van der Waals surface area contributed by atoms with E-state index in [9.17, 15) is 4.79 Å². The third kappa shape index (κ3) is 7.00. The van der Waals surface area contributed by atoms with E-state index in [1.807, 2.05) is 34.6 Å². The van der Waals surface area contributed by atoms with E-state index >= 15 is 0 Å². The van der Waals surface area contributed by atoms with Crippen LogP contribution in [0.1, 0.15) is 47.5 Å². The number of hydrogen-bond acceptors (Lipinski definition) is 2. The molecule has 1 rings (SSSR count). The Kier molecular flexibility index (Phi) is 6.06. The van der Waals surface area contributed by atoms with Crippen LogP contribution in [0.3, 0.4) is 0 Å². The van der Waals surface area contributed by atoms with Gasteiger partial charge < -0.3 is 10.1 Å². The van der Waals surface area contributed by atoms with Gasteiger partial charge in [0.25, 0.3) is 0 Å². The average molecular weight is 213 g/mol. The van der Waals surface area contributed by atoms with Crippen LogP contribution >= 0.6 is 0 Å². The quantitative estimate of drug-likeness (QED) is 0.679. The number of rotatable bonds is 1. The second-order valence-electron chi connectivity index (χ2n) is 4.29. The van der Waals surface area contributed by atoms with Crippen molar-refractivity contribution in [2.75, 3.05) is 0 Å². The zero-order valence-electron chi connectivity index (χ0n) is 10.5. The molecule has 0 saturated heterocycles. The fourth-order valence-electron chi connectivity index (χ4n) is 1.21. The lowest BCUT2D eigenvalue weighted by Crippen LogP contribution is -2.37. The van der Waals surface area contributed by atoms with E-state index in [-0.39, 0.29) is 12.1 Å². The third-order valence-electron chi connectivity index (χ3n) is 1.73. The molecule has 88 valence electrons. The highest BCUT2D eigenvalue weighted by atomic mass is 16.6. The molecule has 1 aliphatic rings. The summed E-state index contributed by atoms with van der Waals surface area (Å²) in [5.74, 6) is 0. The van der Waals surface area contributed by atoms with E-state index in [2.05, 4.69) is 17.5 Å². The molecular weight excluding hydrogens is 190 g/mol. The van der Waals surface area contributed by atoms with E-state index in [0.717, 1.165) is 12.8 Å². The lowest BCUT2D eigenvalue weighted by atomic mass is 10.2. The number of nitrogens with one attached hydrogen (secondary N) is 1. The average Bonchev–Trinajstić information content (AvgIpc) is 2.57. The largest absolute Gasteiger partial charge is 0.444 e. The van der Waals surface area contributed by atoms with Gasteiger partial charge in [-0.15, -0.1) is 0 Å². The smallest absolute Gasteiger partial charge is 0.407 e. The molecule has 0 aromatic heterocycles. The van der Waals surface area contributed by atoms with Crippen molar-refractivity contribution >= 4 is 6.09 Å². The Hall–Kier alpha value is -0.990. The molecule has 1 aliphatic carbocycles. The summed E-state index contributed by atoms with van der Waals surface area (Å²) in [6, 6.07) is 0.231. The van der Waals surface area contributed by atoms with E-state index in [1.165, 1.54) is 0 Å². The van der Waals surface area contributed by atoms with Crippen LogP contribution in [-0.4, -0.2) is 17.7 Å². The predicted molar refractivity (Wildman–Crippen MR) is 62.9 cm³/mol. The lowest BCUT2D eigenvalue weighted by Gasteiger charge is -2.21. The van der Waals surface area contributed by atoms with Crippen molar-refractivity contribution in [3.8, 4) is 0 Å². The van der Waals surface area contributed by atoms with Crippen molar-refractivity contribution in [2.24, 2.45) is 0 Å². The van der Waals surface area contributed by atoms with Gasteiger partial charge >= 0.3 is 6.09 Å². The van der Waals surface area contributed by atoms with Gasteiger partial charge in [-0.3, -0.25) is 0 Å². The second kappa shape index (κ2) is 6.49. The van der Waals surface area contributed by atoms with E-state index < -0.39 is 5.60 Å². The second-order valence-corrected chi connectivity index (χ2v) is 4.29. The first-order valence-corrected chi connectivity index (χ1v) is 5.62. The summed E-state index contributed by atoms with van der Waals surface area (Å²) in [6.07, 6.45) is 5.66. The summed E-state index contributed by atoms with van der Waals surface area (Å²) < 4.78 is 5.12. The van der Waals surface area contributed by atoms with Gasteiger partial charge in [0.2, 0.25) is 0 Å². The van der Waals surface area contributed by atoms with E-state index in [0.29, 0.717) is 0 Å². The Morgan fingerprint density at radius 3 is 2.13 bits per heavy atom. The molecule has 0 radical (unpaired) electrons. The molecule has 0 aromatic rings. The monoisotopic (exact) mass is 213 g/mol. The first kappa shape index (κ1) is 14.0. The Morgan fingerprint density at radius 2 is 1.73 bits per heavy atom. The van der Waals surface area contributed by atoms with Gasteiger partial charge in [-0.25, -0.2) is 4.79 Å². The number of ether oxygens (including phenoxy) is 1. The van der Waals surface area contributed by atoms with E-state index in [4.69, 9.17) is 4.74 Å². The van der Waals surface area contributed by atoms with Gasteiger partial charge in [0.15, 0.2) is 0 Å². The Labute approximate surface area is 92.9 Å². The van der Waals surface area contributed by atoms with Gasteiger partial charge in [-0.05, 0) is 33.6 Å². The summed E-state index contributed by atoms with van der Waals surface area (Å²) in [5.41, 5.74) is -0.407. The normalized spacial score (nSPS) is 15.5. The molecule has 0 aliphatic heterocycles. The minimum atomic E-state index is -0.407. The van der Waals surface area contributed by atoms with E-state index in [1.54, 1.807) is 0 Å². The zero-order chi connectivity index (χ0) is 11.9. The molecule has 0 aromatic carbocycles. The van der Waals surface area contributed by atoms with Crippen LogP contribution in [0.25, 0.3) is 0 Å². The fourth-order valence-corrected chi connectivity index (χ4v) is 1.21. The van der Waals surface area contributed by atoms with Crippen molar-refractivity contribution in [1.29, 1.82) is 0 Å². The first-order chi connectivity index (χ1) is 6.97. The maximum absolute atomic E-state index is 11.3. The maximum Gasteiger partial charge on any atom is 0.407 e. The molecule has 0 unspecified atom stereocenters. The summed E-state index contributed by atoms with van der Waals surface area (Å²) in [5, 5.41) is 2.81. The minimum absolute atomic E-state index is 0.231. The minimum Gasteiger partial charge on any atom is -0.444 e. The summed E-state index contributed by atoms with van der Waals surface area (Å²) in [7, 11) is 0. The number of carbonyl (C=O) groups is 1. The van der Waals surface area contributed by atoms with Crippen molar-refractivity contribution in [3.63, 3.8) is 0 Å². The fraction of sp³-hybridized carbons (Fsp3) is 0.750. The van der Waals surface area contributed by atoms with Gasteiger partial charge in [-0.2, -0.15) is 0 Å². The van der Waals surface area contributed by atoms with Crippen molar-refractivity contribution in [1.82, 2.24) is 5.32 Å². The molecule has 0 saturated carbocycles. The molecule has 3 heteroatoms. The molecule has 0 bridgehead atoms. The number of hydrogen-bond donors (Lipinski definition) is 1. The van der Waals surface area contributed by atoms with Crippen LogP contribution in [-0.2, 0) is 4.74 Å². The van der Waals surface area contributed by atoms with Gasteiger partial charge in [-0.1, -0.05) is 26.0 Å². The predicted octanol–water partition coefficient (Wildman–Crippen LogP) is 3.26. The molecule has 0 fully saturated rings. The summed E-state index contributed by atoms with van der Waals surface area (Å²) in [6.45, 7) is 9.58. The highest BCUT2D eigenvalue weighted by Crippen LogP contribution is 2.11. The van der Waals surface area contributed by atoms with Crippen LogP contribution in [0.5, 0.6) is 0 Å². The molecule has 0 heterocycles. The first-order valence-electron chi connectivity index (χ1n) is 5.62. The summed E-state index contributed by atoms with van der Waals surface area (Å²) in [4.78, 5) is 11.3. The molecule has 3 nitrogen and oxygen atoms in total. The number of carbonyl (C=O) groups excluding carboxylic acids is 1. The Bertz CT molecular complexity index is 208. The standard InChI is InChI=1S/C10H17NO2.C2H6/c1-10(2,3)13-9(12)11-8-6-4-5-7-8;1-2/h4-5,8H,6-7H2,1-3H3,(H,11,12);1-2H3. The van der Waals surface area contributed by atoms with Crippen LogP contribution in [0, 0.1) is 0 Å². The number of alkyl carbamates (subject to hydrolysis) is 1. The maximum atomic E-state index is 11.3. The Balaban J connectivity index is 0.000000921. The van der Waals surface area contributed by atoms with Crippen LogP contribution in [0.2, 0.25) is 0 Å². The summed E-state index contributed by atoms with van der Waals surface area (Å²) >= 11 is 0. The van der Waals surface area contributed by atoms with Crippen molar-refractivity contribution in [3.05, 3.63) is 12.2 Å². The van der Waals surface area contributed by atoms with Crippen LogP contribution in [0.15, 0.2) is 12.2 Å². The molecule has 0 spiro atoms.